The standard InChI is InChI=1S/C15H17ClN4O/c1-9-5-6-19-15(13(9)14(18)21)20(2)8-10-7-11(17)3-4-12(10)16/h3-7H,8,17H2,1-2H3,(H2,18,21). The lowest BCUT2D eigenvalue weighted by Gasteiger charge is -2.22. The van der Waals surface area contributed by atoms with Gasteiger partial charge in [-0.2, -0.15) is 0 Å². The molecule has 2 aromatic rings. The first-order chi connectivity index (χ1) is 9.90. The van der Waals surface area contributed by atoms with E-state index in [9.17, 15) is 4.79 Å². The molecular weight excluding hydrogens is 288 g/mol. The van der Waals surface area contributed by atoms with Gasteiger partial charge in [0.05, 0.1) is 5.56 Å². The number of nitrogens with zero attached hydrogens (tertiary/aromatic N) is 2. The molecule has 0 aliphatic rings. The fourth-order valence-electron chi connectivity index (χ4n) is 2.18. The molecule has 0 aliphatic heterocycles. The molecular formula is C15H17ClN4O. The van der Waals surface area contributed by atoms with E-state index in [4.69, 9.17) is 23.1 Å². The maximum atomic E-state index is 11.6. The third kappa shape index (κ3) is 3.25. The number of carbonyl (C=O) groups is 1. The predicted molar refractivity (Wildman–Crippen MR) is 85.5 cm³/mol. The SMILES string of the molecule is Cc1ccnc(N(C)Cc2cc(N)ccc2Cl)c1C(N)=O. The van der Waals surface area contributed by atoms with Gasteiger partial charge in [0.1, 0.15) is 5.82 Å². The van der Waals surface area contributed by atoms with Crippen molar-refractivity contribution in [3.8, 4) is 0 Å². The van der Waals surface area contributed by atoms with Crippen LogP contribution in [0.25, 0.3) is 0 Å². The average Bonchev–Trinajstić information content (AvgIpc) is 2.42. The highest BCUT2D eigenvalue weighted by Crippen LogP contribution is 2.25. The van der Waals surface area contributed by atoms with Gasteiger partial charge in [0.2, 0.25) is 0 Å². The predicted octanol–water partition coefficient (Wildman–Crippen LogP) is 2.36. The van der Waals surface area contributed by atoms with E-state index < -0.39 is 5.91 Å². The number of aromatic nitrogens is 1. The number of nitrogen functional groups attached to an aromatic ring is 1. The van der Waals surface area contributed by atoms with Gasteiger partial charge in [-0.25, -0.2) is 4.98 Å². The summed E-state index contributed by atoms with van der Waals surface area (Å²) in [6.45, 7) is 2.30. The Morgan fingerprint density at radius 1 is 1.38 bits per heavy atom. The summed E-state index contributed by atoms with van der Waals surface area (Å²) in [7, 11) is 1.83. The van der Waals surface area contributed by atoms with Crippen molar-refractivity contribution in [1.29, 1.82) is 0 Å². The van der Waals surface area contributed by atoms with Crippen LogP contribution in [0.4, 0.5) is 11.5 Å². The molecule has 0 saturated carbocycles. The van der Waals surface area contributed by atoms with Crippen LogP contribution in [0, 0.1) is 6.92 Å². The quantitative estimate of drug-likeness (QED) is 0.849. The van der Waals surface area contributed by atoms with E-state index >= 15 is 0 Å². The van der Waals surface area contributed by atoms with Gasteiger partial charge in [-0.05, 0) is 42.3 Å². The van der Waals surface area contributed by atoms with E-state index in [0.717, 1.165) is 11.1 Å². The summed E-state index contributed by atoms with van der Waals surface area (Å²) in [5.41, 5.74) is 13.9. The Balaban J connectivity index is 2.37. The fourth-order valence-corrected chi connectivity index (χ4v) is 2.36. The largest absolute Gasteiger partial charge is 0.399 e. The monoisotopic (exact) mass is 304 g/mol. The van der Waals surface area contributed by atoms with Gasteiger partial charge in [0.25, 0.3) is 5.91 Å². The maximum Gasteiger partial charge on any atom is 0.252 e. The van der Waals surface area contributed by atoms with Crippen LogP contribution in [-0.4, -0.2) is 17.9 Å². The molecule has 0 atom stereocenters. The van der Waals surface area contributed by atoms with Crippen LogP contribution in [0.15, 0.2) is 30.5 Å². The van der Waals surface area contributed by atoms with Crippen LogP contribution in [0.3, 0.4) is 0 Å². The van der Waals surface area contributed by atoms with Crippen molar-refractivity contribution in [2.24, 2.45) is 5.73 Å². The first-order valence-corrected chi connectivity index (χ1v) is 6.78. The zero-order valence-electron chi connectivity index (χ0n) is 11.9. The highest BCUT2D eigenvalue weighted by Gasteiger charge is 2.17. The molecule has 0 aliphatic carbocycles. The van der Waals surface area contributed by atoms with Gasteiger partial charge >= 0.3 is 0 Å². The van der Waals surface area contributed by atoms with Crippen molar-refractivity contribution < 1.29 is 4.79 Å². The van der Waals surface area contributed by atoms with Crippen molar-refractivity contribution >= 4 is 29.0 Å². The Bertz CT molecular complexity index is 687. The lowest BCUT2D eigenvalue weighted by atomic mass is 10.1. The van der Waals surface area contributed by atoms with Crippen LogP contribution in [0.2, 0.25) is 5.02 Å². The summed E-state index contributed by atoms with van der Waals surface area (Å²) in [5, 5.41) is 0.615. The van der Waals surface area contributed by atoms with Crippen LogP contribution in [0.1, 0.15) is 21.5 Å². The van der Waals surface area contributed by atoms with E-state index in [1.807, 2.05) is 18.9 Å². The smallest absolute Gasteiger partial charge is 0.252 e. The minimum absolute atomic E-state index is 0.417. The number of hydrogen-bond donors (Lipinski definition) is 2. The van der Waals surface area contributed by atoms with E-state index in [2.05, 4.69) is 4.98 Å². The molecule has 1 aromatic carbocycles. The lowest BCUT2D eigenvalue weighted by molar-refractivity contribution is 0.1000. The van der Waals surface area contributed by atoms with Crippen molar-refractivity contribution in [3.63, 3.8) is 0 Å². The molecule has 0 spiro atoms. The number of pyridine rings is 1. The molecule has 1 heterocycles. The molecule has 0 unspecified atom stereocenters. The van der Waals surface area contributed by atoms with Gasteiger partial charge in [-0.15, -0.1) is 0 Å². The summed E-state index contributed by atoms with van der Waals surface area (Å²) in [6, 6.07) is 7.05. The van der Waals surface area contributed by atoms with Gasteiger partial charge in [0, 0.05) is 30.5 Å². The number of amides is 1. The summed E-state index contributed by atoms with van der Waals surface area (Å²) >= 11 is 6.17. The molecule has 1 aromatic heterocycles. The lowest BCUT2D eigenvalue weighted by Crippen LogP contribution is -2.24. The van der Waals surface area contributed by atoms with Crippen molar-refractivity contribution in [2.75, 3.05) is 17.7 Å². The van der Waals surface area contributed by atoms with E-state index in [0.29, 0.717) is 28.6 Å². The summed E-state index contributed by atoms with van der Waals surface area (Å²) in [6.07, 6.45) is 1.65. The third-order valence-electron chi connectivity index (χ3n) is 3.22. The van der Waals surface area contributed by atoms with E-state index in [-0.39, 0.29) is 0 Å². The van der Waals surface area contributed by atoms with Crippen LogP contribution in [0.5, 0.6) is 0 Å². The Hall–Kier alpha value is -2.27. The molecule has 1 amide bonds. The van der Waals surface area contributed by atoms with Gasteiger partial charge in [-0.1, -0.05) is 11.6 Å². The summed E-state index contributed by atoms with van der Waals surface area (Å²) in [4.78, 5) is 17.7. The Labute approximate surface area is 128 Å². The number of anilines is 2. The second-order valence-electron chi connectivity index (χ2n) is 4.90. The van der Waals surface area contributed by atoms with Gasteiger partial charge in [0.15, 0.2) is 0 Å². The minimum Gasteiger partial charge on any atom is -0.399 e. The molecule has 0 radical (unpaired) electrons. The number of nitrogens with two attached hydrogens (primary N) is 2. The van der Waals surface area contributed by atoms with Crippen molar-refractivity contribution in [1.82, 2.24) is 4.98 Å². The zero-order chi connectivity index (χ0) is 15.6. The molecule has 4 N–H and O–H groups in total. The minimum atomic E-state index is -0.499. The van der Waals surface area contributed by atoms with E-state index in [1.54, 1.807) is 30.5 Å². The topological polar surface area (TPSA) is 85.2 Å². The summed E-state index contributed by atoms with van der Waals surface area (Å²) < 4.78 is 0. The van der Waals surface area contributed by atoms with Crippen LogP contribution >= 0.6 is 11.6 Å². The van der Waals surface area contributed by atoms with Crippen LogP contribution in [-0.2, 0) is 6.54 Å². The number of halogens is 1. The van der Waals surface area contributed by atoms with E-state index in [1.165, 1.54) is 0 Å². The molecule has 0 saturated heterocycles. The number of primary amides is 1. The molecule has 21 heavy (non-hydrogen) atoms. The number of benzene rings is 1. The second-order valence-corrected chi connectivity index (χ2v) is 5.30. The number of aryl methyl sites for hydroxylation is 1. The zero-order valence-corrected chi connectivity index (χ0v) is 12.7. The van der Waals surface area contributed by atoms with Gasteiger partial charge < -0.3 is 16.4 Å². The summed E-state index contributed by atoms with van der Waals surface area (Å²) in [5.74, 6) is 0.0297. The third-order valence-corrected chi connectivity index (χ3v) is 3.59. The van der Waals surface area contributed by atoms with Crippen LogP contribution < -0.4 is 16.4 Å². The van der Waals surface area contributed by atoms with Gasteiger partial charge in [-0.3, -0.25) is 4.79 Å². The average molecular weight is 305 g/mol. The van der Waals surface area contributed by atoms with Crippen molar-refractivity contribution in [3.05, 3.63) is 52.2 Å². The molecule has 5 nitrogen and oxygen atoms in total. The molecule has 110 valence electrons. The molecule has 6 heteroatoms. The Kier molecular flexibility index (Phi) is 4.33. The fraction of sp³-hybridized carbons (Fsp3) is 0.200. The second kappa shape index (κ2) is 6.01. The molecule has 0 fully saturated rings. The first-order valence-electron chi connectivity index (χ1n) is 6.40. The number of hydrogen-bond acceptors (Lipinski definition) is 4. The highest BCUT2D eigenvalue weighted by molar-refractivity contribution is 6.31. The first kappa shape index (κ1) is 15.1. The molecule has 0 bridgehead atoms. The normalized spacial score (nSPS) is 10.4. The Morgan fingerprint density at radius 3 is 2.76 bits per heavy atom. The number of rotatable bonds is 4. The molecule has 2 rings (SSSR count). The maximum absolute atomic E-state index is 11.6. The van der Waals surface area contributed by atoms with Crippen molar-refractivity contribution in [2.45, 2.75) is 13.5 Å². The number of carbonyl (C=O) groups excluding carboxylic acids is 1. The highest BCUT2D eigenvalue weighted by atomic mass is 35.5. The Morgan fingerprint density at radius 2 is 2.10 bits per heavy atom.